The molecule has 1 aliphatic heterocycles. The van der Waals surface area contributed by atoms with Gasteiger partial charge in [0.05, 0.1) is 13.2 Å². The third-order valence-electron chi connectivity index (χ3n) is 4.85. The van der Waals surface area contributed by atoms with Gasteiger partial charge in [0.15, 0.2) is 0 Å². The van der Waals surface area contributed by atoms with E-state index in [-0.39, 0.29) is 0 Å². The quantitative estimate of drug-likeness (QED) is 0.861. The monoisotopic (exact) mass is 342 g/mol. The summed E-state index contributed by atoms with van der Waals surface area (Å²) in [7, 11) is 0. The molecule has 2 fully saturated rings. The molecule has 3 unspecified atom stereocenters. The molecule has 3 atom stereocenters. The maximum atomic E-state index is 6.24. The van der Waals surface area contributed by atoms with Gasteiger partial charge < -0.3 is 15.4 Å². The van der Waals surface area contributed by atoms with Crippen molar-refractivity contribution < 1.29 is 4.74 Å². The molecule has 3 rings (SSSR count). The van der Waals surface area contributed by atoms with Gasteiger partial charge in [0.25, 0.3) is 0 Å². The Labute approximate surface area is 142 Å². The van der Waals surface area contributed by atoms with E-state index in [4.69, 9.17) is 27.9 Å². The van der Waals surface area contributed by atoms with Crippen molar-refractivity contribution in [2.75, 3.05) is 26.3 Å². The molecule has 1 aromatic rings. The molecular weight excluding hydrogens is 319 g/mol. The molecule has 0 spiro atoms. The molecule has 2 aliphatic rings. The number of morpholine rings is 1. The maximum Gasteiger partial charge on any atom is 0.0623 e. The molecule has 1 saturated heterocycles. The summed E-state index contributed by atoms with van der Waals surface area (Å²) in [5.74, 6) is 0.681. The SMILES string of the molecule is Clc1ccc(CCNC2CCCC2C2COCCN2)c(Cl)c1. The highest BCUT2D eigenvalue weighted by Gasteiger charge is 2.34. The Kier molecular flexibility index (Phi) is 6.00. The Morgan fingerprint density at radius 3 is 2.95 bits per heavy atom. The van der Waals surface area contributed by atoms with E-state index in [1.165, 1.54) is 19.3 Å². The summed E-state index contributed by atoms with van der Waals surface area (Å²) < 4.78 is 5.62. The summed E-state index contributed by atoms with van der Waals surface area (Å²) >= 11 is 12.2. The predicted molar refractivity (Wildman–Crippen MR) is 91.9 cm³/mol. The molecule has 0 aromatic heterocycles. The topological polar surface area (TPSA) is 33.3 Å². The molecule has 1 aromatic carbocycles. The molecule has 3 nitrogen and oxygen atoms in total. The minimum Gasteiger partial charge on any atom is -0.379 e. The molecule has 122 valence electrons. The highest BCUT2D eigenvalue weighted by Crippen LogP contribution is 2.29. The lowest BCUT2D eigenvalue weighted by molar-refractivity contribution is 0.0526. The van der Waals surface area contributed by atoms with Crippen LogP contribution in [-0.2, 0) is 11.2 Å². The van der Waals surface area contributed by atoms with E-state index < -0.39 is 0 Å². The van der Waals surface area contributed by atoms with Crippen LogP contribution in [0, 0.1) is 5.92 Å². The number of hydrogen-bond donors (Lipinski definition) is 2. The van der Waals surface area contributed by atoms with E-state index in [1.807, 2.05) is 18.2 Å². The first kappa shape index (κ1) is 16.5. The number of rotatable bonds is 5. The van der Waals surface area contributed by atoms with Crippen LogP contribution in [0.25, 0.3) is 0 Å². The minimum atomic E-state index is 0.507. The van der Waals surface area contributed by atoms with Gasteiger partial charge in [0.2, 0.25) is 0 Å². The lowest BCUT2D eigenvalue weighted by Crippen LogP contribution is -2.51. The third-order valence-corrected chi connectivity index (χ3v) is 5.44. The van der Waals surface area contributed by atoms with Gasteiger partial charge in [-0.1, -0.05) is 35.7 Å². The van der Waals surface area contributed by atoms with Crippen LogP contribution in [0.2, 0.25) is 10.0 Å². The van der Waals surface area contributed by atoms with Crippen LogP contribution >= 0.6 is 23.2 Å². The normalized spacial score (nSPS) is 28.9. The zero-order valence-electron chi connectivity index (χ0n) is 12.8. The van der Waals surface area contributed by atoms with Gasteiger partial charge in [-0.15, -0.1) is 0 Å². The van der Waals surface area contributed by atoms with Crippen LogP contribution < -0.4 is 10.6 Å². The van der Waals surface area contributed by atoms with Crippen molar-refractivity contribution >= 4 is 23.2 Å². The first-order valence-electron chi connectivity index (χ1n) is 8.22. The number of halogens is 2. The van der Waals surface area contributed by atoms with Crippen LogP contribution in [0.3, 0.4) is 0 Å². The van der Waals surface area contributed by atoms with E-state index in [0.717, 1.165) is 43.3 Å². The fraction of sp³-hybridized carbons (Fsp3) is 0.647. The van der Waals surface area contributed by atoms with Gasteiger partial charge in [0, 0.05) is 28.7 Å². The first-order chi connectivity index (χ1) is 10.7. The second kappa shape index (κ2) is 7.98. The molecule has 0 bridgehead atoms. The Balaban J connectivity index is 1.49. The molecule has 1 heterocycles. The maximum absolute atomic E-state index is 6.24. The summed E-state index contributed by atoms with van der Waals surface area (Å²) in [4.78, 5) is 0. The lowest BCUT2D eigenvalue weighted by atomic mass is 9.94. The van der Waals surface area contributed by atoms with Crippen molar-refractivity contribution in [3.63, 3.8) is 0 Å². The van der Waals surface area contributed by atoms with Crippen molar-refractivity contribution in [2.45, 2.75) is 37.8 Å². The van der Waals surface area contributed by atoms with Gasteiger partial charge in [-0.3, -0.25) is 0 Å². The number of ether oxygens (including phenoxy) is 1. The first-order valence-corrected chi connectivity index (χ1v) is 8.98. The highest BCUT2D eigenvalue weighted by molar-refractivity contribution is 6.35. The summed E-state index contributed by atoms with van der Waals surface area (Å²) in [6.07, 6.45) is 4.80. The van der Waals surface area contributed by atoms with E-state index >= 15 is 0 Å². The average molecular weight is 343 g/mol. The van der Waals surface area contributed by atoms with Crippen LogP contribution in [0.15, 0.2) is 18.2 Å². The number of hydrogen-bond acceptors (Lipinski definition) is 3. The van der Waals surface area contributed by atoms with E-state index in [9.17, 15) is 0 Å². The molecule has 0 amide bonds. The van der Waals surface area contributed by atoms with Crippen LogP contribution in [0.1, 0.15) is 24.8 Å². The van der Waals surface area contributed by atoms with Gasteiger partial charge in [-0.2, -0.15) is 0 Å². The fourth-order valence-corrected chi connectivity index (χ4v) is 4.20. The van der Waals surface area contributed by atoms with E-state index in [0.29, 0.717) is 23.0 Å². The summed E-state index contributed by atoms with van der Waals surface area (Å²) in [5, 5.41) is 8.80. The Hall–Kier alpha value is -0.320. The highest BCUT2D eigenvalue weighted by atomic mass is 35.5. The van der Waals surface area contributed by atoms with Gasteiger partial charge in [-0.05, 0) is 49.4 Å². The lowest BCUT2D eigenvalue weighted by Gasteiger charge is -2.33. The van der Waals surface area contributed by atoms with Gasteiger partial charge >= 0.3 is 0 Å². The molecule has 2 N–H and O–H groups in total. The number of benzene rings is 1. The average Bonchev–Trinajstić information content (AvgIpc) is 2.99. The Morgan fingerprint density at radius 2 is 2.18 bits per heavy atom. The van der Waals surface area contributed by atoms with E-state index in [1.54, 1.807) is 0 Å². The Morgan fingerprint density at radius 1 is 1.27 bits per heavy atom. The smallest absolute Gasteiger partial charge is 0.0623 e. The van der Waals surface area contributed by atoms with Crippen molar-refractivity contribution in [3.8, 4) is 0 Å². The largest absolute Gasteiger partial charge is 0.379 e. The van der Waals surface area contributed by atoms with Crippen LogP contribution in [-0.4, -0.2) is 38.4 Å². The van der Waals surface area contributed by atoms with Crippen molar-refractivity contribution in [3.05, 3.63) is 33.8 Å². The van der Waals surface area contributed by atoms with Gasteiger partial charge in [-0.25, -0.2) is 0 Å². The standard InChI is InChI=1S/C17H24Cl2N2O/c18-13-5-4-12(15(19)10-13)6-7-20-16-3-1-2-14(16)17-11-22-9-8-21-17/h4-5,10,14,16-17,20-21H,1-3,6-9,11H2. The second-order valence-corrected chi connectivity index (χ2v) is 7.12. The third kappa shape index (κ3) is 4.15. The molecule has 22 heavy (non-hydrogen) atoms. The minimum absolute atomic E-state index is 0.507. The van der Waals surface area contributed by atoms with Crippen LogP contribution in [0.4, 0.5) is 0 Å². The van der Waals surface area contributed by atoms with E-state index in [2.05, 4.69) is 10.6 Å². The van der Waals surface area contributed by atoms with Gasteiger partial charge in [0.1, 0.15) is 0 Å². The summed E-state index contributed by atoms with van der Waals surface area (Å²) in [5.41, 5.74) is 1.16. The number of nitrogens with one attached hydrogen (secondary N) is 2. The molecule has 1 aliphatic carbocycles. The predicted octanol–water partition coefficient (Wildman–Crippen LogP) is 3.28. The summed E-state index contributed by atoms with van der Waals surface area (Å²) in [6, 6.07) is 6.85. The second-order valence-electron chi connectivity index (χ2n) is 6.28. The molecule has 5 heteroatoms. The summed E-state index contributed by atoms with van der Waals surface area (Å²) in [6.45, 7) is 3.63. The molecule has 0 radical (unpaired) electrons. The van der Waals surface area contributed by atoms with Crippen molar-refractivity contribution in [1.82, 2.24) is 10.6 Å². The molecule has 1 saturated carbocycles. The van der Waals surface area contributed by atoms with Crippen molar-refractivity contribution in [1.29, 1.82) is 0 Å². The fourth-order valence-electron chi connectivity index (χ4n) is 3.70. The molecular formula is C17H24Cl2N2O. The van der Waals surface area contributed by atoms with Crippen LogP contribution in [0.5, 0.6) is 0 Å². The Bertz CT molecular complexity index is 492. The van der Waals surface area contributed by atoms with Crippen molar-refractivity contribution in [2.24, 2.45) is 5.92 Å². The zero-order chi connectivity index (χ0) is 15.4. The zero-order valence-corrected chi connectivity index (χ0v) is 14.3.